The quantitative estimate of drug-likeness (QED) is 0.414. The molecule has 3 rings (SSSR count). The molecule has 5 heteroatoms. The smallest absolute Gasteiger partial charge is 0.185 e. The highest BCUT2D eigenvalue weighted by Gasteiger charge is 2.12. The van der Waals surface area contributed by atoms with Gasteiger partial charge in [0.2, 0.25) is 0 Å². The second-order valence-electron chi connectivity index (χ2n) is 6.78. The van der Waals surface area contributed by atoms with E-state index >= 15 is 0 Å². The van der Waals surface area contributed by atoms with Gasteiger partial charge in [-0.3, -0.25) is 9.48 Å². The lowest BCUT2D eigenvalue weighted by Crippen LogP contribution is -2.06. The first-order valence-electron chi connectivity index (χ1n) is 9.04. The minimum Gasteiger partial charge on any atom is -0.496 e. The molecule has 144 valence electrons. The van der Waals surface area contributed by atoms with Crippen LogP contribution in [0.3, 0.4) is 0 Å². The number of benzene rings is 2. The average molecular weight is 395 g/mol. The maximum absolute atomic E-state index is 12.4. The number of hydrogen-bond acceptors (Lipinski definition) is 3. The van der Waals surface area contributed by atoms with Crippen molar-refractivity contribution in [3.05, 3.63) is 87.2 Å². The van der Waals surface area contributed by atoms with Crippen LogP contribution in [0.15, 0.2) is 48.5 Å². The zero-order valence-corrected chi connectivity index (χ0v) is 17.2. The topological polar surface area (TPSA) is 44.1 Å². The first-order valence-corrected chi connectivity index (χ1v) is 9.42. The van der Waals surface area contributed by atoms with Gasteiger partial charge in [0, 0.05) is 11.1 Å². The van der Waals surface area contributed by atoms with Crippen molar-refractivity contribution in [3.63, 3.8) is 0 Å². The molecule has 0 radical (unpaired) electrons. The van der Waals surface area contributed by atoms with E-state index in [1.165, 1.54) is 0 Å². The number of allylic oxidation sites excluding steroid dienone is 1. The van der Waals surface area contributed by atoms with Gasteiger partial charge in [0.1, 0.15) is 5.75 Å². The first-order chi connectivity index (χ1) is 13.4. The van der Waals surface area contributed by atoms with Crippen LogP contribution in [0.2, 0.25) is 5.02 Å². The predicted octanol–water partition coefficient (Wildman–Crippen LogP) is 5.41. The van der Waals surface area contributed by atoms with Crippen molar-refractivity contribution in [2.45, 2.75) is 27.3 Å². The summed E-state index contributed by atoms with van der Waals surface area (Å²) in [6.45, 7) is 6.34. The number of rotatable bonds is 6. The Morgan fingerprint density at radius 1 is 1.18 bits per heavy atom. The molecule has 0 saturated carbocycles. The molecule has 3 aromatic rings. The molecule has 0 amide bonds. The highest BCUT2D eigenvalue weighted by Crippen LogP contribution is 2.25. The number of carbonyl (C=O) groups is 1. The fourth-order valence-corrected chi connectivity index (χ4v) is 3.22. The highest BCUT2D eigenvalue weighted by atomic mass is 35.5. The Bertz CT molecular complexity index is 1050. The Hall–Kier alpha value is -2.85. The molecule has 1 heterocycles. The molecule has 4 nitrogen and oxygen atoms in total. The molecule has 0 aliphatic rings. The molecular weight excluding hydrogens is 372 g/mol. The Kier molecular flexibility index (Phi) is 6.00. The number of aryl methyl sites for hydroxylation is 2. The number of nitrogens with zero attached hydrogens (tertiary/aromatic N) is 2. The normalized spacial score (nSPS) is 11.2. The standard InChI is InChI=1S/C23H23ClN2O2/c1-15-6-5-7-19(12-15)21(27)10-8-18-9-11-22(28-4)20(13-18)14-26-17(3)23(24)16(2)25-26/h5-13H,14H2,1-4H3/b10-8+. The third-order valence-corrected chi connectivity index (χ3v) is 5.19. The van der Waals surface area contributed by atoms with E-state index in [0.29, 0.717) is 17.1 Å². The molecule has 0 spiro atoms. The lowest BCUT2D eigenvalue weighted by Gasteiger charge is -2.11. The Balaban J connectivity index is 1.86. The number of ketones is 1. The second kappa shape index (κ2) is 8.44. The van der Waals surface area contributed by atoms with Gasteiger partial charge in [0.25, 0.3) is 0 Å². The van der Waals surface area contributed by atoms with Gasteiger partial charge in [0.15, 0.2) is 5.78 Å². The van der Waals surface area contributed by atoms with Gasteiger partial charge in [-0.25, -0.2) is 0 Å². The maximum Gasteiger partial charge on any atom is 0.185 e. The van der Waals surface area contributed by atoms with Crippen molar-refractivity contribution >= 4 is 23.5 Å². The molecule has 0 saturated heterocycles. The number of halogens is 1. The molecule has 0 aliphatic carbocycles. The van der Waals surface area contributed by atoms with Crippen LogP contribution < -0.4 is 4.74 Å². The van der Waals surface area contributed by atoms with Gasteiger partial charge in [-0.1, -0.05) is 47.5 Å². The van der Waals surface area contributed by atoms with E-state index < -0.39 is 0 Å². The van der Waals surface area contributed by atoms with Crippen molar-refractivity contribution in [2.24, 2.45) is 0 Å². The maximum atomic E-state index is 12.4. The molecule has 0 unspecified atom stereocenters. The van der Waals surface area contributed by atoms with Crippen molar-refractivity contribution in [1.82, 2.24) is 9.78 Å². The minimum atomic E-state index is -0.0219. The van der Waals surface area contributed by atoms with Crippen molar-refractivity contribution in [2.75, 3.05) is 7.11 Å². The minimum absolute atomic E-state index is 0.0219. The van der Waals surface area contributed by atoms with E-state index in [-0.39, 0.29) is 5.78 Å². The lowest BCUT2D eigenvalue weighted by molar-refractivity contribution is 0.104. The van der Waals surface area contributed by atoms with Crippen LogP contribution in [0, 0.1) is 20.8 Å². The third-order valence-electron chi connectivity index (χ3n) is 4.65. The van der Waals surface area contributed by atoms with Gasteiger partial charge in [-0.05, 0) is 50.6 Å². The molecule has 0 N–H and O–H groups in total. The Morgan fingerprint density at radius 2 is 1.96 bits per heavy atom. The average Bonchev–Trinajstić information content (AvgIpc) is 2.93. The highest BCUT2D eigenvalue weighted by molar-refractivity contribution is 6.31. The zero-order chi connectivity index (χ0) is 20.3. The fraction of sp³-hybridized carbons (Fsp3) is 0.217. The number of carbonyl (C=O) groups excluding carboxylic acids is 1. The molecule has 0 fully saturated rings. The summed E-state index contributed by atoms with van der Waals surface area (Å²) in [5.41, 5.74) is 5.35. The number of hydrogen-bond donors (Lipinski definition) is 0. The van der Waals surface area contributed by atoms with Gasteiger partial charge >= 0.3 is 0 Å². The van der Waals surface area contributed by atoms with Crippen molar-refractivity contribution < 1.29 is 9.53 Å². The van der Waals surface area contributed by atoms with E-state index in [4.69, 9.17) is 16.3 Å². The summed E-state index contributed by atoms with van der Waals surface area (Å²) in [7, 11) is 1.64. The Morgan fingerprint density at radius 3 is 2.61 bits per heavy atom. The number of aromatic nitrogens is 2. The molecule has 0 bridgehead atoms. The first kappa shape index (κ1) is 19.9. The predicted molar refractivity (Wildman–Crippen MR) is 113 cm³/mol. The second-order valence-corrected chi connectivity index (χ2v) is 7.16. The van der Waals surface area contributed by atoms with Crippen LogP contribution in [0.4, 0.5) is 0 Å². The van der Waals surface area contributed by atoms with E-state index in [9.17, 15) is 4.79 Å². The van der Waals surface area contributed by atoms with Crippen LogP contribution in [0.1, 0.15) is 38.4 Å². The number of ether oxygens (including phenoxy) is 1. The molecule has 0 atom stereocenters. The Labute approximate surface area is 170 Å². The molecule has 2 aromatic carbocycles. The lowest BCUT2D eigenvalue weighted by atomic mass is 10.1. The van der Waals surface area contributed by atoms with E-state index in [0.717, 1.165) is 33.8 Å². The molecule has 1 aromatic heterocycles. The monoisotopic (exact) mass is 394 g/mol. The van der Waals surface area contributed by atoms with Crippen LogP contribution >= 0.6 is 11.6 Å². The summed E-state index contributed by atoms with van der Waals surface area (Å²) < 4.78 is 7.35. The molecular formula is C23H23ClN2O2. The zero-order valence-electron chi connectivity index (χ0n) is 16.5. The van der Waals surface area contributed by atoms with E-state index in [1.54, 1.807) is 13.2 Å². The van der Waals surface area contributed by atoms with Gasteiger partial charge in [0.05, 0.1) is 30.1 Å². The van der Waals surface area contributed by atoms with Gasteiger partial charge in [-0.15, -0.1) is 0 Å². The summed E-state index contributed by atoms with van der Waals surface area (Å²) in [6, 6.07) is 13.4. The van der Waals surface area contributed by atoms with Crippen LogP contribution in [0.5, 0.6) is 5.75 Å². The summed E-state index contributed by atoms with van der Waals surface area (Å²) in [4.78, 5) is 12.4. The van der Waals surface area contributed by atoms with Crippen LogP contribution in [0.25, 0.3) is 6.08 Å². The van der Waals surface area contributed by atoms with Crippen molar-refractivity contribution in [1.29, 1.82) is 0 Å². The largest absolute Gasteiger partial charge is 0.496 e. The SMILES string of the molecule is COc1ccc(/C=C/C(=O)c2cccc(C)c2)cc1Cn1nc(C)c(Cl)c1C. The summed E-state index contributed by atoms with van der Waals surface area (Å²) in [5, 5.41) is 5.17. The third kappa shape index (κ3) is 4.34. The molecule has 0 aliphatic heterocycles. The summed E-state index contributed by atoms with van der Waals surface area (Å²) >= 11 is 6.26. The molecule has 28 heavy (non-hydrogen) atoms. The van der Waals surface area contributed by atoms with E-state index in [2.05, 4.69) is 5.10 Å². The summed E-state index contributed by atoms with van der Waals surface area (Å²) in [6.07, 6.45) is 3.42. The van der Waals surface area contributed by atoms with Crippen LogP contribution in [-0.2, 0) is 6.54 Å². The fourth-order valence-electron chi connectivity index (χ4n) is 3.08. The summed E-state index contributed by atoms with van der Waals surface area (Å²) in [5.74, 6) is 0.747. The van der Waals surface area contributed by atoms with Crippen molar-refractivity contribution in [3.8, 4) is 5.75 Å². The number of methoxy groups -OCH3 is 1. The van der Waals surface area contributed by atoms with Crippen LogP contribution in [-0.4, -0.2) is 22.7 Å². The van der Waals surface area contributed by atoms with E-state index in [1.807, 2.05) is 74.0 Å². The van der Waals surface area contributed by atoms with Gasteiger partial charge in [-0.2, -0.15) is 5.10 Å². The van der Waals surface area contributed by atoms with Gasteiger partial charge < -0.3 is 4.74 Å².